The summed E-state index contributed by atoms with van der Waals surface area (Å²) in [4.78, 5) is 19.3. The van der Waals surface area contributed by atoms with Gasteiger partial charge >= 0.3 is 0 Å². The molecule has 2 heterocycles. The first-order valence-electron chi connectivity index (χ1n) is 8.58. The second-order valence-electron chi connectivity index (χ2n) is 6.31. The second kappa shape index (κ2) is 6.88. The third kappa shape index (κ3) is 2.97. The molecule has 0 aliphatic heterocycles. The van der Waals surface area contributed by atoms with E-state index in [-0.39, 0.29) is 11.9 Å². The van der Waals surface area contributed by atoms with E-state index in [2.05, 4.69) is 20.4 Å². The molecule has 1 atom stereocenters. The Bertz CT molecular complexity index is 941. The van der Waals surface area contributed by atoms with Crippen LogP contribution in [-0.2, 0) is 6.42 Å². The smallest absolute Gasteiger partial charge is 0.255 e. The zero-order valence-corrected chi connectivity index (χ0v) is 15.1. The Labute approximate surface area is 156 Å². The SMILES string of the molecule is CCN(C(=O)c1cncc(-c2cn[nH]n2)c1)[C@@H]1CCc2cc(Cl)ccc21. The quantitative estimate of drug-likeness (QED) is 0.763. The van der Waals surface area contributed by atoms with Crippen molar-refractivity contribution in [1.82, 2.24) is 25.3 Å². The zero-order chi connectivity index (χ0) is 18.1. The molecule has 26 heavy (non-hydrogen) atoms. The van der Waals surface area contributed by atoms with E-state index in [9.17, 15) is 4.79 Å². The van der Waals surface area contributed by atoms with Crippen molar-refractivity contribution >= 4 is 17.5 Å². The molecule has 2 aromatic heterocycles. The highest BCUT2D eigenvalue weighted by Crippen LogP contribution is 2.37. The minimum atomic E-state index is -0.0295. The van der Waals surface area contributed by atoms with Gasteiger partial charge in [0.25, 0.3) is 5.91 Å². The third-order valence-corrected chi connectivity index (χ3v) is 5.06. The van der Waals surface area contributed by atoms with Gasteiger partial charge in [-0.2, -0.15) is 15.4 Å². The van der Waals surface area contributed by atoms with Gasteiger partial charge in [-0.1, -0.05) is 17.7 Å². The summed E-state index contributed by atoms with van der Waals surface area (Å²) in [6.45, 7) is 2.63. The molecule has 1 aromatic carbocycles. The Balaban J connectivity index is 1.64. The van der Waals surface area contributed by atoms with E-state index >= 15 is 0 Å². The largest absolute Gasteiger partial charge is 0.332 e. The number of fused-ring (bicyclic) bond motifs is 1. The van der Waals surface area contributed by atoms with Crippen LogP contribution in [0, 0.1) is 0 Å². The molecule has 0 radical (unpaired) electrons. The van der Waals surface area contributed by atoms with E-state index in [0.29, 0.717) is 17.8 Å². The summed E-state index contributed by atoms with van der Waals surface area (Å²) in [5.74, 6) is -0.0295. The summed E-state index contributed by atoms with van der Waals surface area (Å²) in [5, 5.41) is 11.2. The highest BCUT2D eigenvalue weighted by molar-refractivity contribution is 6.30. The highest BCUT2D eigenvalue weighted by Gasteiger charge is 2.31. The molecular weight excluding hydrogens is 350 g/mol. The number of rotatable bonds is 4. The van der Waals surface area contributed by atoms with Gasteiger partial charge in [0, 0.05) is 29.5 Å². The molecule has 0 fully saturated rings. The zero-order valence-electron chi connectivity index (χ0n) is 14.3. The van der Waals surface area contributed by atoms with Crippen molar-refractivity contribution in [2.75, 3.05) is 6.54 Å². The molecule has 1 aliphatic carbocycles. The van der Waals surface area contributed by atoms with Crippen LogP contribution in [0.1, 0.15) is 40.9 Å². The molecule has 1 aliphatic rings. The Morgan fingerprint density at radius 3 is 2.96 bits per heavy atom. The number of aromatic amines is 1. The van der Waals surface area contributed by atoms with Crippen molar-refractivity contribution in [3.63, 3.8) is 0 Å². The Morgan fingerprint density at radius 1 is 1.31 bits per heavy atom. The molecule has 7 heteroatoms. The number of pyridine rings is 1. The van der Waals surface area contributed by atoms with Crippen LogP contribution in [0.15, 0.2) is 42.9 Å². The molecule has 3 aromatic rings. The number of benzene rings is 1. The van der Waals surface area contributed by atoms with Crippen molar-refractivity contribution in [2.24, 2.45) is 0 Å². The van der Waals surface area contributed by atoms with Crippen LogP contribution in [0.4, 0.5) is 0 Å². The number of carbonyl (C=O) groups is 1. The number of carbonyl (C=O) groups excluding carboxylic acids is 1. The number of aromatic nitrogens is 4. The standard InChI is InChI=1S/C19H18ClN5O/c1-2-25(18-6-3-12-8-15(20)4-5-16(12)18)19(26)14-7-13(9-21-10-14)17-11-22-24-23-17/h4-5,7-11,18H,2-3,6H2,1H3,(H,22,23,24)/t18-/m1/s1. The molecule has 0 spiro atoms. The number of aryl methyl sites for hydroxylation is 1. The lowest BCUT2D eigenvalue weighted by atomic mass is 10.1. The summed E-state index contributed by atoms with van der Waals surface area (Å²) < 4.78 is 0. The Morgan fingerprint density at radius 2 is 2.19 bits per heavy atom. The third-order valence-electron chi connectivity index (χ3n) is 4.82. The van der Waals surface area contributed by atoms with Gasteiger partial charge in [-0.15, -0.1) is 0 Å². The Kier molecular flexibility index (Phi) is 4.42. The van der Waals surface area contributed by atoms with Crippen LogP contribution in [0.5, 0.6) is 0 Å². The first-order chi connectivity index (χ1) is 12.7. The number of nitrogens with one attached hydrogen (secondary N) is 1. The number of nitrogens with zero attached hydrogens (tertiary/aromatic N) is 4. The van der Waals surface area contributed by atoms with Gasteiger partial charge in [-0.3, -0.25) is 9.78 Å². The molecule has 1 amide bonds. The summed E-state index contributed by atoms with van der Waals surface area (Å²) in [6.07, 6.45) is 6.73. The lowest BCUT2D eigenvalue weighted by Gasteiger charge is -2.28. The molecule has 0 saturated carbocycles. The Hall–Kier alpha value is -2.73. The lowest BCUT2D eigenvalue weighted by molar-refractivity contribution is 0.0687. The number of hydrogen-bond donors (Lipinski definition) is 1. The predicted molar refractivity (Wildman–Crippen MR) is 98.8 cm³/mol. The van der Waals surface area contributed by atoms with Crippen LogP contribution in [0.25, 0.3) is 11.3 Å². The maximum Gasteiger partial charge on any atom is 0.255 e. The van der Waals surface area contributed by atoms with Gasteiger partial charge in [0.15, 0.2) is 0 Å². The van der Waals surface area contributed by atoms with Crippen molar-refractivity contribution < 1.29 is 4.79 Å². The first-order valence-corrected chi connectivity index (χ1v) is 8.95. The van der Waals surface area contributed by atoms with Gasteiger partial charge in [-0.05, 0) is 49.1 Å². The number of amides is 1. The van der Waals surface area contributed by atoms with Crippen molar-refractivity contribution in [3.8, 4) is 11.3 Å². The fourth-order valence-corrected chi connectivity index (χ4v) is 3.79. The van der Waals surface area contributed by atoms with Crippen LogP contribution in [0.2, 0.25) is 5.02 Å². The predicted octanol–water partition coefficient (Wildman–Crippen LogP) is 3.67. The molecule has 0 unspecified atom stereocenters. The van der Waals surface area contributed by atoms with Gasteiger partial charge in [-0.25, -0.2) is 0 Å². The number of H-pyrrole nitrogens is 1. The van der Waals surface area contributed by atoms with Crippen LogP contribution in [0.3, 0.4) is 0 Å². The van der Waals surface area contributed by atoms with E-state index in [0.717, 1.165) is 23.4 Å². The molecule has 0 bridgehead atoms. The molecule has 132 valence electrons. The van der Waals surface area contributed by atoms with Crippen LogP contribution >= 0.6 is 11.6 Å². The topological polar surface area (TPSA) is 74.8 Å². The number of hydrogen-bond acceptors (Lipinski definition) is 4. The van der Waals surface area contributed by atoms with Crippen LogP contribution < -0.4 is 0 Å². The molecule has 6 nitrogen and oxygen atoms in total. The highest BCUT2D eigenvalue weighted by atomic mass is 35.5. The summed E-state index contributed by atoms with van der Waals surface area (Å²) in [5.41, 5.74) is 4.39. The summed E-state index contributed by atoms with van der Waals surface area (Å²) in [7, 11) is 0. The van der Waals surface area contributed by atoms with Gasteiger partial charge in [0.2, 0.25) is 0 Å². The lowest BCUT2D eigenvalue weighted by Crippen LogP contribution is -2.34. The maximum absolute atomic E-state index is 13.2. The molecular formula is C19H18ClN5O. The summed E-state index contributed by atoms with van der Waals surface area (Å²) in [6, 6.07) is 7.81. The minimum Gasteiger partial charge on any atom is -0.332 e. The van der Waals surface area contributed by atoms with Crippen molar-refractivity contribution in [3.05, 3.63) is 64.6 Å². The van der Waals surface area contributed by atoms with E-state index < -0.39 is 0 Å². The monoisotopic (exact) mass is 367 g/mol. The second-order valence-corrected chi connectivity index (χ2v) is 6.74. The van der Waals surface area contributed by atoms with Crippen molar-refractivity contribution in [1.29, 1.82) is 0 Å². The van der Waals surface area contributed by atoms with Gasteiger partial charge < -0.3 is 4.90 Å². The van der Waals surface area contributed by atoms with E-state index in [1.165, 1.54) is 11.1 Å². The van der Waals surface area contributed by atoms with E-state index in [1.54, 1.807) is 18.6 Å². The van der Waals surface area contributed by atoms with Gasteiger partial charge in [0.05, 0.1) is 17.8 Å². The van der Waals surface area contributed by atoms with Crippen molar-refractivity contribution in [2.45, 2.75) is 25.8 Å². The first kappa shape index (κ1) is 16.7. The fourth-order valence-electron chi connectivity index (χ4n) is 3.60. The fraction of sp³-hybridized carbons (Fsp3) is 0.263. The average molecular weight is 368 g/mol. The molecule has 0 saturated heterocycles. The normalized spacial score (nSPS) is 15.7. The van der Waals surface area contributed by atoms with E-state index in [1.807, 2.05) is 36.1 Å². The summed E-state index contributed by atoms with van der Waals surface area (Å²) >= 11 is 6.11. The molecule has 4 rings (SSSR count). The van der Waals surface area contributed by atoms with E-state index in [4.69, 9.17) is 11.6 Å². The van der Waals surface area contributed by atoms with Crippen LogP contribution in [-0.4, -0.2) is 37.7 Å². The minimum absolute atomic E-state index is 0.0295. The average Bonchev–Trinajstić information content (AvgIpc) is 3.32. The van der Waals surface area contributed by atoms with Gasteiger partial charge in [0.1, 0.15) is 5.69 Å². The molecule has 1 N–H and O–H groups in total. The maximum atomic E-state index is 13.2. The number of halogens is 1.